The summed E-state index contributed by atoms with van der Waals surface area (Å²) >= 11 is 0. The molecular weight excluding hydrogens is 278 g/mol. The zero-order valence-electron chi connectivity index (χ0n) is 12.7. The van der Waals surface area contributed by atoms with Crippen LogP contribution < -0.4 is 0 Å². The quantitative estimate of drug-likeness (QED) is 0.801. The molecule has 0 aliphatic rings. The van der Waals surface area contributed by atoms with Crippen molar-refractivity contribution in [3.05, 3.63) is 17.9 Å². The Balaban J connectivity index is 3.15. The number of nitrogens with zero attached hydrogens (tertiary/aromatic N) is 1. The van der Waals surface area contributed by atoms with Gasteiger partial charge in [0.2, 0.25) is 5.09 Å². The number of aliphatic hydroxyl groups excluding tert-OH is 1. The van der Waals surface area contributed by atoms with Gasteiger partial charge in [-0.15, -0.1) is 0 Å². The van der Waals surface area contributed by atoms with Crippen molar-refractivity contribution < 1.29 is 17.9 Å². The van der Waals surface area contributed by atoms with Gasteiger partial charge in [0, 0.05) is 12.6 Å². The SMILES string of the molecule is CCC(CC)N(CC(C)C)S(=O)(=O)c1ccc(CO)o1. The van der Waals surface area contributed by atoms with E-state index in [9.17, 15) is 8.42 Å². The molecule has 0 aromatic carbocycles. The Bertz CT molecular complexity index is 503. The van der Waals surface area contributed by atoms with E-state index in [1.807, 2.05) is 27.7 Å². The first-order chi connectivity index (χ1) is 9.36. The fourth-order valence-electron chi connectivity index (χ4n) is 2.20. The summed E-state index contributed by atoms with van der Waals surface area (Å²) in [6, 6.07) is 2.87. The Morgan fingerprint density at radius 1 is 1.25 bits per heavy atom. The highest BCUT2D eigenvalue weighted by molar-refractivity contribution is 7.89. The lowest BCUT2D eigenvalue weighted by atomic mass is 10.1. The number of rotatable bonds is 8. The summed E-state index contributed by atoms with van der Waals surface area (Å²) < 4.78 is 32.2. The molecule has 0 saturated carbocycles. The van der Waals surface area contributed by atoms with Crippen molar-refractivity contribution in [2.75, 3.05) is 6.54 Å². The van der Waals surface area contributed by atoms with Gasteiger partial charge in [-0.2, -0.15) is 4.31 Å². The maximum absolute atomic E-state index is 12.7. The van der Waals surface area contributed by atoms with Crippen LogP contribution in [0, 0.1) is 5.92 Å². The van der Waals surface area contributed by atoms with Crippen molar-refractivity contribution in [1.82, 2.24) is 4.31 Å². The fraction of sp³-hybridized carbons (Fsp3) is 0.714. The number of aliphatic hydroxyl groups is 1. The molecule has 1 aromatic rings. The first-order valence-corrected chi connectivity index (χ1v) is 8.52. The van der Waals surface area contributed by atoms with Crippen LogP contribution in [0.1, 0.15) is 46.3 Å². The summed E-state index contributed by atoms with van der Waals surface area (Å²) in [6.45, 7) is 8.11. The van der Waals surface area contributed by atoms with Crippen molar-refractivity contribution >= 4 is 10.0 Å². The van der Waals surface area contributed by atoms with Gasteiger partial charge in [0.15, 0.2) is 0 Å². The molecule has 0 fully saturated rings. The molecule has 1 aromatic heterocycles. The van der Waals surface area contributed by atoms with Crippen LogP contribution in [0.2, 0.25) is 0 Å². The van der Waals surface area contributed by atoms with Gasteiger partial charge in [0.25, 0.3) is 10.0 Å². The lowest BCUT2D eigenvalue weighted by Crippen LogP contribution is -2.41. The fourth-order valence-corrected chi connectivity index (χ4v) is 4.07. The molecule has 1 N–H and O–H groups in total. The van der Waals surface area contributed by atoms with E-state index in [-0.39, 0.29) is 29.4 Å². The van der Waals surface area contributed by atoms with E-state index in [4.69, 9.17) is 9.52 Å². The van der Waals surface area contributed by atoms with Gasteiger partial charge in [-0.1, -0.05) is 27.7 Å². The molecule has 0 bridgehead atoms. The lowest BCUT2D eigenvalue weighted by molar-refractivity contribution is 0.230. The van der Waals surface area contributed by atoms with Crippen molar-refractivity contribution in [3.63, 3.8) is 0 Å². The molecule has 0 spiro atoms. The minimum atomic E-state index is -3.65. The zero-order valence-corrected chi connectivity index (χ0v) is 13.5. The predicted octanol–water partition coefficient (Wildman–Crippen LogP) is 2.61. The minimum absolute atomic E-state index is 0.0370. The van der Waals surface area contributed by atoms with Crippen molar-refractivity contribution in [2.24, 2.45) is 5.92 Å². The van der Waals surface area contributed by atoms with E-state index < -0.39 is 10.0 Å². The normalized spacial score (nSPS) is 12.8. The molecule has 0 aliphatic heterocycles. The van der Waals surface area contributed by atoms with Gasteiger partial charge in [0.1, 0.15) is 12.4 Å². The molecule has 0 unspecified atom stereocenters. The third-order valence-corrected chi connectivity index (χ3v) is 5.04. The maximum Gasteiger partial charge on any atom is 0.276 e. The monoisotopic (exact) mass is 303 g/mol. The Kier molecular flexibility index (Phi) is 6.23. The van der Waals surface area contributed by atoms with Gasteiger partial charge in [-0.3, -0.25) is 0 Å². The Hall–Kier alpha value is -0.850. The van der Waals surface area contributed by atoms with Crippen molar-refractivity contribution in [1.29, 1.82) is 0 Å². The summed E-state index contributed by atoms with van der Waals surface area (Å²) in [6.07, 6.45) is 1.52. The highest BCUT2D eigenvalue weighted by atomic mass is 32.2. The molecule has 0 saturated heterocycles. The molecule has 1 rings (SSSR count). The average molecular weight is 303 g/mol. The molecule has 0 aliphatic carbocycles. The van der Waals surface area contributed by atoms with Crippen LogP contribution in [0.5, 0.6) is 0 Å². The molecule has 6 heteroatoms. The van der Waals surface area contributed by atoms with E-state index in [0.717, 1.165) is 12.8 Å². The van der Waals surface area contributed by atoms with Gasteiger partial charge in [0.05, 0.1) is 0 Å². The number of hydrogen-bond donors (Lipinski definition) is 1. The zero-order chi connectivity index (χ0) is 15.3. The van der Waals surface area contributed by atoms with Crippen LogP contribution in [0.15, 0.2) is 21.6 Å². The second-order valence-electron chi connectivity index (χ2n) is 5.32. The molecular formula is C14H25NO4S. The van der Waals surface area contributed by atoms with Gasteiger partial charge in [-0.05, 0) is 30.9 Å². The van der Waals surface area contributed by atoms with E-state index in [1.54, 1.807) is 0 Å². The standard InChI is InChI=1S/C14H25NO4S/c1-5-12(6-2)15(9-11(3)4)20(17,18)14-8-7-13(10-16)19-14/h7-8,11-12,16H,5-6,9-10H2,1-4H3. The predicted molar refractivity (Wildman–Crippen MR) is 77.7 cm³/mol. The topological polar surface area (TPSA) is 70.8 Å². The minimum Gasteiger partial charge on any atom is -0.446 e. The van der Waals surface area contributed by atoms with E-state index in [2.05, 4.69) is 0 Å². The van der Waals surface area contributed by atoms with Crippen molar-refractivity contribution in [3.8, 4) is 0 Å². The molecule has 5 nitrogen and oxygen atoms in total. The lowest BCUT2D eigenvalue weighted by Gasteiger charge is -2.30. The molecule has 1 heterocycles. The number of sulfonamides is 1. The summed E-state index contributed by atoms with van der Waals surface area (Å²) in [4.78, 5) is 0. The summed E-state index contributed by atoms with van der Waals surface area (Å²) in [7, 11) is -3.65. The van der Waals surface area contributed by atoms with Crippen LogP contribution >= 0.6 is 0 Å². The number of hydrogen-bond acceptors (Lipinski definition) is 4. The van der Waals surface area contributed by atoms with Crippen LogP contribution in [-0.2, 0) is 16.6 Å². The highest BCUT2D eigenvalue weighted by Gasteiger charge is 2.32. The van der Waals surface area contributed by atoms with Crippen LogP contribution in [0.25, 0.3) is 0 Å². The second kappa shape index (κ2) is 7.24. The molecule has 0 atom stereocenters. The van der Waals surface area contributed by atoms with Gasteiger partial charge < -0.3 is 9.52 Å². The van der Waals surface area contributed by atoms with E-state index >= 15 is 0 Å². The third-order valence-electron chi connectivity index (χ3n) is 3.25. The van der Waals surface area contributed by atoms with Gasteiger partial charge >= 0.3 is 0 Å². The Morgan fingerprint density at radius 3 is 2.25 bits per heavy atom. The van der Waals surface area contributed by atoms with Gasteiger partial charge in [-0.25, -0.2) is 8.42 Å². The summed E-state index contributed by atoms with van der Waals surface area (Å²) in [5.74, 6) is 0.496. The molecule has 20 heavy (non-hydrogen) atoms. The number of furan rings is 1. The second-order valence-corrected chi connectivity index (χ2v) is 7.14. The van der Waals surface area contributed by atoms with Crippen LogP contribution in [0.3, 0.4) is 0 Å². The Labute approximate surface area is 121 Å². The summed E-state index contributed by atoms with van der Waals surface area (Å²) in [5.41, 5.74) is 0. The van der Waals surface area contributed by atoms with E-state index in [1.165, 1.54) is 16.4 Å². The van der Waals surface area contributed by atoms with Crippen molar-refractivity contribution in [2.45, 2.75) is 58.3 Å². The van der Waals surface area contributed by atoms with Crippen LogP contribution in [-0.4, -0.2) is 30.4 Å². The third kappa shape index (κ3) is 3.84. The van der Waals surface area contributed by atoms with E-state index in [0.29, 0.717) is 6.54 Å². The summed E-state index contributed by atoms with van der Waals surface area (Å²) in [5, 5.41) is 8.91. The smallest absolute Gasteiger partial charge is 0.276 e. The average Bonchev–Trinajstić information content (AvgIpc) is 2.88. The first kappa shape index (κ1) is 17.2. The Morgan fingerprint density at radius 2 is 1.85 bits per heavy atom. The largest absolute Gasteiger partial charge is 0.446 e. The molecule has 0 amide bonds. The molecule has 0 radical (unpaired) electrons. The highest BCUT2D eigenvalue weighted by Crippen LogP contribution is 2.24. The molecule has 116 valence electrons. The first-order valence-electron chi connectivity index (χ1n) is 7.08. The maximum atomic E-state index is 12.7. The van der Waals surface area contributed by atoms with Crippen LogP contribution in [0.4, 0.5) is 0 Å².